The molecule has 0 unspecified atom stereocenters. The number of carboxylic acid groups (broad SMARTS) is 1. The number of hydrogen-bond acceptors (Lipinski definition) is 3. The van der Waals surface area contributed by atoms with Crippen LogP contribution in [0.15, 0.2) is 0 Å². The van der Waals surface area contributed by atoms with Crippen molar-refractivity contribution in [2.45, 2.75) is 32.6 Å². The Bertz CT molecular complexity index is 254. The van der Waals surface area contributed by atoms with Gasteiger partial charge in [0.25, 0.3) is 0 Å². The second-order valence-corrected chi connectivity index (χ2v) is 4.09. The minimum atomic E-state index is -0.828. The summed E-state index contributed by atoms with van der Waals surface area (Å²) in [5.41, 5.74) is 0. The van der Waals surface area contributed by atoms with E-state index in [0.29, 0.717) is 19.6 Å². The lowest BCUT2D eigenvalue weighted by Gasteiger charge is -2.29. The van der Waals surface area contributed by atoms with Crippen LogP contribution in [0.3, 0.4) is 0 Å². The van der Waals surface area contributed by atoms with Crippen molar-refractivity contribution in [3.63, 3.8) is 0 Å². The van der Waals surface area contributed by atoms with Gasteiger partial charge in [-0.1, -0.05) is 13.3 Å². The number of hydrogen-bond donors (Lipinski definition) is 1. The first kappa shape index (κ1) is 12.8. The third-order valence-electron chi connectivity index (χ3n) is 2.75. The lowest BCUT2D eigenvalue weighted by Crippen LogP contribution is -2.42. The molecule has 0 saturated carbocycles. The summed E-state index contributed by atoms with van der Waals surface area (Å²) in [6.07, 6.45) is 2.83. The largest absolute Gasteiger partial charge is 0.481 e. The number of carboxylic acids is 1. The van der Waals surface area contributed by atoms with E-state index in [-0.39, 0.29) is 12.6 Å². The Kier molecular flexibility index (Phi) is 5.08. The van der Waals surface area contributed by atoms with Crippen LogP contribution in [0.4, 0.5) is 4.79 Å². The number of nitrogens with zero attached hydrogens (tertiary/aromatic N) is 1. The van der Waals surface area contributed by atoms with Gasteiger partial charge in [0.05, 0.1) is 12.5 Å². The van der Waals surface area contributed by atoms with Gasteiger partial charge < -0.3 is 14.7 Å². The molecule has 0 aromatic rings. The van der Waals surface area contributed by atoms with Crippen LogP contribution in [0, 0.1) is 5.92 Å². The molecule has 1 rings (SSSR count). The summed E-state index contributed by atoms with van der Waals surface area (Å²) in [6, 6.07) is 0. The number of carbonyl (C=O) groups is 2. The molecule has 16 heavy (non-hydrogen) atoms. The molecule has 1 heterocycles. The monoisotopic (exact) mass is 229 g/mol. The molecule has 92 valence electrons. The first-order chi connectivity index (χ1) is 7.65. The average molecular weight is 229 g/mol. The second-order valence-electron chi connectivity index (χ2n) is 4.09. The average Bonchev–Trinajstić information content (AvgIpc) is 2.29. The number of ether oxygens (including phenoxy) is 1. The SMILES string of the molecule is CCCCOC(=O)N1CCC[C@@H](C(=O)O)C1. The normalized spacial score (nSPS) is 20.6. The zero-order valence-corrected chi connectivity index (χ0v) is 9.65. The van der Waals surface area contributed by atoms with Crippen molar-refractivity contribution >= 4 is 12.1 Å². The highest BCUT2D eigenvalue weighted by Gasteiger charge is 2.28. The number of aliphatic carboxylic acids is 1. The van der Waals surface area contributed by atoms with Crippen molar-refractivity contribution < 1.29 is 19.4 Å². The third kappa shape index (κ3) is 3.72. The fraction of sp³-hybridized carbons (Fsp3) is 0.818. The molecule has 1 aliphatic heterocycles. The van der Waals surface area contributed by atoms with E-state index >= 15 is 0 Å². The molecule has 0 aliphatic carbocycles. The molecule has 5 heteroatoms. The first-order valence-corrected chi connectivity index (χ1v) is 5.79. The number of amides is 1. The smallest absolute Gasteiger partial charge is 0.409 e. The van der Waals surface area contributed by atoms with Crippen LogP contribution in [0.25, 0.3) is 0 Å². The Balaban J connectivity index is 2.35. The van der Waals surface area contributed by atoms with E-state index in [1.165, 1.54) is 4.90 Å². The zero-order chi connectivity index (χ0) is 12.0. The fourth-order valence-electron chi connectivity index (χ4n) is 1.74. The maximum Gasteiger partial charge on any atom is 0.409 e. The quantitative estimate of drug-likeness (QED) is 0.745. The predicted molar refractivity (Wildman–Crippen MR) is 58.2 cm³/mol. The standard InChI is InChI=1S/C11H19NO4/c1-2-3-7-16-11(15)12-6-4-5-9(8-12)10(13)14/h9H,2-8H2,1H3,(H,13,14)/t9-/m1/s1. The number of unbranched alkanes of at least 4 members (excludes halogenated alkanes) is 1. The van der Waals surface area contributed by atoms with Crippen LogP contribution in [0.2, 0.25) is 0 Å². The predicted octanol–water partition coefficient (Wildman–Crippen LogP) is 1.72. The molecule has 5 nitrogen and oxygen atoms in total. The van der Waals surface area contributed by atoms with Crippen LogP contribution < -0.4 is 0 Å². The van der Waals surface area contributed by atoms with Crippen molar-refractivity contribution in [2.24, 2.45) is 5.92 Å². The number of likely N-dealkylation sites (tertiary alicyclic amines) is 1. The summed E-state index contributed by atoms with van der Waals surface area (Å²) >= 11 is 0. The van der Waals surface area contributed by atoms with E-state index in [0.717, 1.165) is 19.3 Å². The molecule has 1 amide bonds. The van der Waals surface area contributed by atoms with Gasteiger partial charge in [0, 0.05) is 13.1 Å². The lowest BCUT2D eigenvalue weighted by atomic mass is 9.99. The number of rotatable bonds is 4. The molecule has 0 radical (unpaired) electrons. The molecule has 0 aromatic heterocycles. The molecule has 1 saturated heterocycles. The van der Waals surface area contributed by atoms with E-state index in [4.69, 9.17) is 9.84 Å². The van der Waals surface area contributed by atoms with Gasteiger partial charge in [-0.2, -0.15) is 0 Å². The summed E-state index contributed by atoms with van der Waals surface area (Å²) in [4.78, 5) is 23.9. The van der Waals surface area contributed by atoms with Gasteiger partial charge in [0.1, 0.15) is 0 Å². The van der Waals surface area contributed by atoms with Crippen LogP contribution in [0.1, 0.15) is 32.6 Å². The Labute approximate surface area is 95.4 Å². The maximum atomic E-state index is 11.6. The maximum absolute atomic E-state index is 11.6. The van der Waals surface area contributed by atoms with Crippen LogP contribution in [-0.2, 0) is 9.53 Å². The highest BCUT2D eigenvalue weighted by Crippen LogP contribution is 2.17. The summed E-state index contributed by atoms with van der Waals surface area (Å²) in [7, 11) is 0. The summed E-state index contributed by atoms with van der Waals surface area (Å²) < 4.78 is 5.04. The summed E-state index contributed by atoms with van der Waals surface area (Å²) in [5.74, 6) is -1.27. The van der Waals surface area contributed by atoms with E-state index in [9.17, 15) is 9.59 Å². The Morgan fingerprint density at radius 2 is 2.25 bits per heavy atom. The Morgan fingerprint density at radius 3 is 2.88 bits per heavy atom. The number of carbonyl (C=O) groups excluding carboxylic acids is 1. The topological polar surface area (TPSA) is 66.8 Å². The molecular formula is C11H19NO4. The van der Waals surface area contributed by atoms with Gasteiger partial charge in [-0.3, -0.25) is 4.79 Å². The Hall–Kier alpha value is -1.26. The van der Waals surface area contributed by atoms with Crippen LogP contribution >= 0.6 is 0 Å². The van der Waals surface area contributed by atoms with Crippen molar-refractivity contribution in [3.8, 4) is 0 Å². The molecule has 0 bridgehead atoms. The highest BCUT2D eigenvalue weighted by molar-refractivity contribution is 5.73. The number of piperidine rings is 1. The van der Waals surface area contributed by atoms with Gasteiger partial charge in [0.15, 0.2) is 0 Å². The van der Waals surface area contributed by atoms with E-state index in [1.807, 2.05) is 6.92 Å². The van der Waals surface area contributed by atoms with E-state index < -0.39 is 11.9 Å². The molecular weight excluding hydrogens is 210 g/mol. The van der Waals surface area contributed by atoms with Crippen molar-refractivity contribution in [3.05, 3.63) is 0 Å². The molecule has 0 aromatic carbocycles. The van der Waals surface area contributed by atoms with E-state index in [1.54, 1.807) is 0 Å². The molecule has 0 spiro atoms. The van der Waals surface area contributed by atoms with Crippen molar-refractivity contribution in [1.29, 1.82) is 0 Å². The van der Waals surface area contributed by atoms with Crippen LogP contribution in [-0.4, -0.2) is 41.8 Å². The summed E-state index contributed by atoms with van der Waals surface area (Å²) in [5, 5.41) is 8.87. The zero-order valence-electron chi connectivity index (χ0n) is 9.65. The van der Waals surface area contributed by atoms with Gasteiger partial charge in [-0.25, -0.2) is 4.79 Å². The second kappa shape index (κ2) is 6.35. The van der Waals surface area contributed by atoms with Gasteiger partial charge in [-0.05, 0) is 19.3 Å². The van der Waals surface area contributed by atoms with Gasteiger partial charge >= 0.3 is 12.1 Å². The highest BCUT2D eigenvalue weighted by atomic mass is 16.6. The van der Waals surface area contributed by atoms with Crippen molar-refractivity contribution in [2.75, 3.05) is 19.7 Å². The first-order valence-electron chi connectivity index (χ1n) is 5.79. The molecule has 1 N–H and O–H groups in total. The summed E-state index contributed by atoms with van der Waals surface area (Å²) in [6.45, 7) is 3.33. The van der Waals surface area contributed by atoms with Gasteiger partial charge in [-0.15, -0.1) is 0 Å². The van der Waals surface area contributed by atoms with E-state index in [2.05, 4.69) is 0 Å². The van der Waals surface area contributed by atoms with Gasteiger partial charge in [0.2, 0.25) is 0 Å². The molecule has 1 fully saturated rings. The minimum Gasteiger partial charge on any atom is -0.481 e. The fourth-order valence-corrected chi connectivity index (χ4v) is 1.74. The third-order valence-corrected chi connectivity index (χ3v) is 2.75. The molecule has 1 atom stereocenters. The minimum absolute atomic E-state index is 0.278. The van der Waals surface area contributed by atoms with Crippen LogP contribution in [0.5, 0.6) is 0 Å². The lowest BCUT2D eigenvalue weighted by molar-refractivity contribution is -0.143. The molecule has 1 aliphatic rings. The Morgan fingerprint density at radius 1 is 1.50 bits per heavy atom. The van der Waals surface area contributed by atoms with Crippen molar-refractivity contribution in [1.82, 2.24) is 4.90 Å².